The van der Waals surface area contributed by atoms with Crippen LogP contribution in [0.1, 0.15) is 51.1 Å². The molecule has 0 radical (unpaired) electrons. The van der Waals surface area contributed by atoms with Crippen LogP contribution < -0.4 is 10.1 Å². The molecule has 0 amide bonds. The minimum Gasteiger partial charge on any atom is -0.496 e. The monoisotopic (exact) mass is 253 g/mol. The molecular weight excluding hydrogens is 229 g/mol. The summed E-state index contributed by atoms with van der Waals surface area (Å²) >= 11 is 0. The van der Waals surface area contributed by atoms with E-state index in [2.05, 4.69) is 19.2 Å². The Kier molecular flexibility index (Phi) is 6.73. The first kappa shape index (κ1) is 15.0. The largest absolute Gasteiger partial charge is 0.496 e. The number of methoxy groups -OCH3 is 1. The van der Waals surface area contributed by atoms with Gasteiger partial charge in [-0.25, -0.2) is 4.39 Å². The van der Waals surface area contributed by atoms with Crippen molar-refractivity contribution in [3.63, 3.8) is 0 Å². The van der Waals surface area contributed by atoms with Crippen molar-refractivity contribution in [1.29, 1.82) is 0 Å². The van der Waals surface area contributed by atoms with Gasteiger partial charge in [-0.1, -0.05) is 32.8 Å². The molecule has 3 heteroatoms. The summed E-state index contributed by atoms with van der Waals surface area (Å²) in [4.78, 5) is 0. The maximum atomic E-state index is 14.0. The maximum absolute atomic E-state index is 14.0. The smallest absolute Gasteiger partial charge is 0.131 e. The number of unbranched alkanes of at least 4 members (excludes halogenated alkanes) is 1. The molecule has 0 fully saturated rings. The molecule has 1 atom stereocenters. The summed E-state index contributed by atoms with van der Waals surface area (Å²) in [6.45, 7) is 5.16. The van der Waals surface area contributed by atoms with E-state index in [1.165, 1.54) is 6.07 Å². The SMILES string of the molecule is CCCCC(NCCC)c1c(F)cccc1OC. The van der Waals surface area contributed by atoms with Crippen LogP contribution in [0.4, 0.5) is 4.39 Å². The number of nitrogens with one attached hydrogen (secondary N) is 1. The molecule has 1 aromatic carbocycles. The molecule has 0 saturated carbocycles. The maximum Gasteiger partial charge on any atom is 0.131 e. The van der Waals surface area contributed by atoms with Gasteiger partial charge in [-0.2, -0.15) is 0 Å². The molecule has 2 nitrogen and oxygen atoms in total. The lowest BCUT2D eigenvalue weighted by atomic mass is 9.99. The van der Waals surface area contributed by atoms with Gasteiger partial charge in [0.25, 0.3) is 0 Å². The molecule has 0 aliphatic carbocycles. The van der Waals surface area contributed by atoms with Crippen LogP contribution >= 0.6 is 0 Å². The summed E-state index contributed by atoms with van der Waals surface area (Å²) < 4.78 is 19.3. The molecule has 0 aromatic heterocycles. The molecule has 0 bridgehead atoms. The van der Waals surface area contributed by atoms with E-state index in [0.717, 1.165) is 32.2 Å². The third-order valence-corrected chi connectivity index (χ3v) is 3.07. The minimum atomic E-state index is -0.181. The lowest BCUT2D eigenvalue weighted by Crippen LogP contribution is -2.23. The lowest BCUT2D eigenvalue weighted by molar-refractivity contribution is 0.382. The predicted octanol–water partition coefficient (Wildman–Crippen LogP) is 4.07. The molecule has 1 N–H and O–H groups in total. The summed E-state index contributed by atoms with van der Waals surface area (Å²) in [5, 5.41) is 3.42. The molecular formula is C15H24FNO. The number of hydrogen-bond donors (Lipinski definition) is 1. The van der Waals surface area contributed by atoms with Crippen molar-refractivity contribution in [3.05, 3.63) is 29.6 Å². The van der Waals surface area contributed by atoms with Crippen LogP contribution in [0.3, 0.4) is 0 Å². The van der Waals surface area contributed by atoms with Crippen LogP contribution in [0.15, 0.2) is 18.2 Å². The van der Waals surface area contributed by atoms with Gasteiger partial charge in [0.1, 0.15) is 11.6 Å². The zero-order valence-corrected chi connectivity index (χ0v) is 11.6. The van der Waals surface area contributed by atoms with Gasteiger partial charge >= 0.3 is 0 Å². The van der Waals surface area contributed by atoms with Gasteiger partial charge < -0.3 is 10.1 Å². The van der Waals surface area contributed by atoms with E-state index in [4.69, 9.17) is 4.74 Å². The van der Waals surface area contributed by atoms with E-state index in [9.17, 15) is 4.39 Å². The van der Waals surface area contributed by atoms with E-state index in [0.29, 0.717) is 11.3 Å². The summed E-state index contributed by atoms with van der Waals surface area (Å²) in [7, 11) is 1.59. The van der Waals surface area contributed by atoms with E-state index >= 15 is 0 Å². The average Bonchev–Trinajstić information content (AvgIpc) is 2.39. The van der Waals surface area contributed by atoms with Crippen molar-refractivity contribution in [2.24, 2.45) is 0 Å². The number of hydrogen-bond acceptors (Lipinski definition) is 2. The number of benzene rings is 1. The van der Waals surface area contributed by atoms with Crippen LogP contribution in [0.25, 0.3) is 0 Å². The Bertz CT molecular complexity index is 346. The Hall–Kier alpha value is -1.09. The highest BCUT2D eigenvalue weighted by molar-refractivity contribution is 5.37. The second-order valence-corrected chi connectivity index (χ2v) is 4.50. The molecule has 102 valence electrons. The van der Waals surface area contributed by atoms with Crippen LogP contribution in [0.5, 0.6) is 5.75 Å². The van der Waals surface area contributed by atoms with Crippen molar-refractivity contribution >= 4 is 0 Å². The second-order valence-electron chi connectivity index (χ2n) is 4.50. The van der Waals surface area contributed by atoms with Gasteiger partial charge in [-0.3, -0.25) is 0 Å². The Balaban J connectivity index is 2.94. The highest BCUT2D eigenvalue weighted by Gasteiger charge is 2.19. The topological polar surface area (TPSA) is 21.3 Å². The normalized spacial score (nSPS) is 12.4. The number of ether oxygens (including phenoxy) is 1. The fraction of sp³-hybridized carbons (Fsp3) is 0.600. The van der Waals surface area contributed by atoms with Crippen LogP contribution in [-0.2, 0) is 0 Å². The number of rotatable bonds is 8. The van der Waals surface area contributed by atoms with E-state index in [1.54, 1.807) is 13.2 Å². The first-order valence-electron chi connectivity index (χ1n) is 6.80. The molecule has 1 aromatic rings. The second kappa shape index (κ2) is 8.09. The van der Waals surface area contributed by atoms with Gasteiger partial charge in [0.05, 0.1) is 7.11 Å². The molecule has 1 unspecified atom stereocenters. The highest BCUT2D eigenvalue weighted by atomic mass is 19.1. The Labute approximate surface area is 110 Å². The van der Waals surface area contributed by atoms with Gasteiger partial charge in [0.15, 0.2) is 0 Å². The molecule has 0 spiro atoms. The highest BCUT2D eigenvalue weighted by Crippen LogP contribution is 2.30. The first-order chi connectivity index (χ1) is 8.74. The van der Waals surface area contributed by atoms with Gasteiger partial charge in [0, 0.05) is 11.6 Å². The van der Waals surface area contributed by atoms with Crippen LogP contribution in [0, 0.1) is 5.82 Å². The number of halogens is 1. The lowest BCUT2D eigenvalue weighted by Gasteiger charge is -2.21. The zero-order chi connectivity index (χ0) is 13.4. The van der Waals surface area contributed by atoms with Crippen molar-refractivity contribution in [2.75, 3.05) is 13.7 Å². The standard InChI is InChI=1S/C15H24FNO/c1-4-6-9-13(17-11-5-2)15-12(16)8-7-10-14(15)18-3/h7-8,10,13,17H,4-6,9,11H2,1-3H3. The third kappa shape index (κ3) is 3.98. The van der Waals surface area contributed by atoms with Gasteiger partial charge in [0.2, 0.25) is 0 Å². The summed E-state index contributed by atoms with van der Waals surface area (Å²) in [5.41, 5.74) is 0.668. The van der Waals surface area contributed by atoms with E-state index < -0.39 is 0 Å². The summed E-state index contributed by atoms with van der Waals surface area (Å²) in [6.07, 6.45) is 4.17. The molecule has 0 saturated heterocycles. The van der Waals surface area contributed by atoms with Crippen LogP contribution in [0.2, 0.25) is 0 Å². The first-order valence-corrected chi connectivity index (χ1v) is 6.80. The van der Waals surface area contributed by atoms with E-state index in [1.807, 2.05) is 6.07 Å². The third-order valence-electron chi connectivity index (χ3n) is 3.07. The molecule has 18 heavy (non-hydrogen) atoms. The summed E-state index contributed by atoms with van der Waals surface area (Å²) in [5.74, 6) is 0.457. The average molecular weight is 253 g/mol. The van der Waals surface area contributed by atoms with Crippen molar-refractivity contribution < 1.29 is 9.13 Å². The van der Waals surface area contributed by atoms with Crippen LogP contribution in [-0.4, -0.2) is 13.7 Å². The zero-order valence-electron chi connectivity index (χ0n) is 11.6. The van der Waals surface area contributed by atoms with Crippen molar-refractivity contribution in [2.45, 2.75) is 45.6 Å². The van der Waals surface area contributed by atoms with Crippen molar-refractivity contribution in [3.8, 4) is 5.75 Å². The quantitative estimate of drug-likeness (QED) is 0.754. The van der Waals surface area contributed by atoms with E-state index in [-0.39, 0.29) is 11.9 Å². The molecule has 1 rings (SSSR count). The predicted molar refractivity (Wildman–Crippen MR) is 73.5 cm³/mol. The fourth-order valence-corrected chi connectivity index (χ4v) is 2.11. The Morgan fingerprint density at radius 3 is 2.67 bits per heavy atom. The van der Waals surface area contributed by atoms with Crippen molar-refractivity contribution in [1.82, 2.24) is 5.32 Å². The Morgan fingerprint density at radius 1 is 1.28 bits per heavy atom. The molecule has 0 heterocycles. The molecule has 0 aliphatic rings. The summed E-state index contributed by atoms with van der Waals surface area (Å²) in [6, 6.07) is 5.06. The fourth-order valence-electron chi connectivity index (χ4n) is 2.11. The minimum absolute atomic E-state index is 0.0426. The molecule has 0 aliphatic heterocycles. The van der Waals surface area contributed by atoms with Gasteiger partial charge in [-0.05, 0) is 31.5 Å². The Morgan fingerprint density at radius 2 is 2.06 bits per heavy atom. The van der Waals surface area contributed by atoms with Gasteiger partial charge in [-0.15, -0.1) is 0 Å².